The second kappa shape index (κ2) is 9.57. The van der Waals surface area contributed by atoms with E-state index in [1.54, 1.807) is 0 Å². The van der Waals surface area contributed by atoms with Crippen LogP contribution >= 0.6 is 0 Å². The van der Waals surface area contributed by atoms with Gasteiger partial charge in [0, 0.05) is 6.61 Å². The van der Waals surface area contributed by atoms with E-state index in [1.807, 2.05) is 0 Å². The second-order valence-electron chi connectivity index (χ2n) is 5.49. The standard InChI is InChI=1S/C16H30O2/c1-4-14(2)10-6-5-7-11-15(3)18-16-12-8-9-13-17-16/h6,10,14-16H,4-5,7-9,11-13H2,1-3H3/b10-6+/t14-,15?,16?/m1/s1. The minimum absolute atomic E-state index is 0.0596. The Balaban J connectivity index is 2.02. The molecule has 2 heteroatoms. The molecule has 2 unspecified atom stereocenters. The molecule has 0 bridgehead atoms. The third-order valence-electron chi connectivity index (χ3n) is 3.61. The molecule has 0 amide bonds. The van der Waals surface area contributed by atoms with Crippen molar-refractivity contribution in [2.45, 2.75) is 78.1 Å². The van der Waals surface area contributed by atoms with Gasteiger partial charge in [0.15, 0.2) is 6.29 Å². The van der Waals surface area contributed by atoms with Crippen molar-refractivity contribution in [1.82, 2.24) is 0 Å². The molecular formula is C16H30O2. The lowest BCUT2D eigenvalue weighted by Gasteiger charge is -2.26. The van der Waals surface area contributed by atoms with Crippen LogP contribution in [0.1, 0.15) is 65.7 Å². The first-order chi connectivity index (χ1) is 8.72. The van der Waals surface area contributed by atoms with E-state index in [4.69, 9.17) is 9.47 Å². The summed E-state index contributed by atoms with van der Waals surface area (Å²) in [6.07, 6.45) is 13.3. The Bertz CT molecular complexity index is 219. The second-order valence-corrected chi connectivity index (χ2v) is 5.49. The van der Waals surface area contributed by atoms with Crippen LogP contribution in [0.15, 0.2) is 12.2 Å². The Morgan fingerprint density at radius 1 is 1.33 bits per heavy atom. The van der Waals surface area contributed by atoms with Gasteiger partial charge in [0.2, 0.25) is 0 Å². The van der Waals surface area contributed by atoms with Gasteiger partial charge in [0.25, 0.3) is 0 Å². The number of hydrogen-bond donors (Lipinski definition) is 0. The van der Waals surface area contributed by atoms with Gasteiger partial charge in [-0.1, -0.05) is 32.4 Å². The molecule has 0 aliphatic carbocycles. The van der Waals surface area contributed by atoms with Gasteiger partial charge in [-0.2, -0.15) is 0 Å². The van der Waals surface area contributed by atoms with E-state index in [0.29, 0.717) is 12.0 Å². The molecule has 0 spiro atoms. The largest absolute Gasteiger partial charge is 0.353 e. The maximum absolute atomic E-state index is 5.89. The molecule has 0 N–H and O–H groups in total. The molecule has 1 fully saturated rings. The molecule has 0 saturated carbocycles. The van der Waals surface area contributed by atoms with Crippen molar-refractivity contribution in [1.29, 1.82) is 0 Å². The van der Waals surface area contributed by atoms with Crippen molar-refractivity contribution in [2.75, 3.05) is 6.61 Å². The summed E-state index contributed by atoms with van der Waals surface area (Å²) in [6.45, 7) is 7.53. The van der Waals surface area contributed by atoms with Gasteiger partial charge < -0.3 is 9.47 Å². The monoisotopic (exact) mass is 254 g/mol. The molecule has 1 aliphatic rings. The fourth-order valence-corrected chi connectivity index (χ4v) is 2.13. The van der Waals surface area contributed by atoms with Crippen LogP contribution in [-0.4, -0.2) is 19.0 Å². The average molecular weight is 254 g/mol. The molecule has 0 radical (unpaired) electrons. The highest BCUT2D eigenvalue weighted by Crippen LogP contribution is 2.17. The lowest BCUT2D eigenvalue weighted by Crippen LogP contribution is -2.26. The van der Waals surface area contributed by atoms with Crippen LogP contribution in [0.4, 0.5) is 0 Å². The molecule has 0 aromatic carbocycles. The van der Waals surface area contributed by atoms with Crippen molar-refractivity contribution < 1.29 is 9.47 Å². The fraction of sp³-hybridized carbons (Fsp3) is 0.875. The zero-order valence-electron chi connectivity index (χ0n) is 12.4. The Morgan fingerprint density at radius 2 is 2.17 bits per heavy atom. The summed E-state index contributed by atoms with van der Waals surface area (Å²) < 4.78 is 11.5. The summed E-state index contributed by atoms with van der Waals surface area (Å²) in [5, 5.41) is 0. The van der Waals surface area contributed by atoms with Crippen LogP contribution in [0.2, 0.25) is 0 Å². The van der Waals surface area contributed by atoms with Gasteiger partial charge in [-0.3, -0.25) is 0 Å². The summed E-state index contributed by atoms with van der Waals surface area (Å²) in [6, 6.07) is 0. The summed E-state index contributed by atoms with van der Waals surface area (Å²) in [7, 11) is 0. The third kappa shape index (κ3) is 7.17. The van der Waals surface area contributed by atoms with Crippen LogP contribution in [0.5, 0.6) is 0 Å². The lowest BCUT2D eigenvalue weighted by molar-refractivity contribution is -0.185. The number of allylic oxidation sites excluding steroid dienone is 2. The predicted molar refractivity (Wildman–Crippen MR) is 76.6 cm³/mol. The molecular weight excluding hydrogens is 224 g/mol. The first-order valence-corrected chi connectivity index (χ1v) is 7.66. The fourth-order valence-electron chi connectivity index (χ4n) is 2.13. The van der Waals surface area contributed by atoms with Crippen LogP contribution in [0.25, 0.3) is 0 Å². The maximum Gasteiger partial charge on any atom is 0.157 e. The smallest absolute Gasteiger partial charge is 0.157 e. The Hall–Kier alpha value is -0.340. The number of ether oxygens (including phenoxy) is 2. The quantitative estimate of drug-likeness (QED) is 0.462. The molecule has 2 nitrogen and oxygen atoms in total. The molecule has 106 valence electrons. The Labute approximate surface area is 113 Å². The highest BCUT2D eigenvalue weighted by Gasteiger charge is 2.16. The number of rotatable bonds is 8. The predicted octanol–water partition coefficient (Wildman–Crippen LogP) is 4.69. The SMILES string of the molecule is CC[C@@H](C)/C=C/CCCC(C)OC1CCCCO1. The zero-order chi connectivity index (χ0) is 13.2. The van der Waals surface area contributed by atoms with E-state index in [9.17, 15) is 0 Å². The van der Waals surface area contributed by atoms with E-state index in [2.05, 4.69) is 32.9 Å². The van der Waals surface area contributed by atoms with Gasteiger partial charge in [0.05, 0.1) is 6.10 Å². The summed E-state index contributed by atoms with van der Waals surface area (Å²) >= 11 is 0. The van der Waals surface area contributed by atoms with E-state index < -0.39 is 0 Å². The molecule has 1 heterocycles. The van der Waals surface area contributed by atoms with E-state index in [0.717, 1.165) is 19.4 Å². The third-order valence-corrected chi connectivity index (χ3v) is 3.61. The first kappa shape index (κ1) is 15.7. The minimum Gasteiger partial charge on any atom is -0.353 e. The normalized spacial score (nSPS) is 24.3. The Kier molecular flexibility index (Phi) is 8.36. The summed E-state index contributed by atoms with van der Waals surface area (Å²) in [4.78, 5) is 0. The number of hydrogen-bond acceptors (Lipinski definition) is 2. The molecule has 3 atom stereocenters. The van der Waals surface area contributed by atoms with E-state index in [1.165, 1.54) is 32.1 Å². The van der Waals surface area contributed by atoms with Crippen molar-refractivity contribution in [3.63, 3.8) is 0 Å². The van der Waals surface area contributed by atoms with E-state index in [-0.39, 0.29) is 6.29 Å². The van der Waals surface area contributed by atoms with Crippen LogP contribution in [-0.2, 0) is 9.47 Å². The highest BCUT2D eigenvalue weighted by atomic mass is 16.7. The van der Waals surface area contributed by atoms with Gasteiger partial charge in [-0.15, -0.1) is 0 Å². The van der Waals surface area contributed by atoms with Gasteiger partial charge in [-0.25, -0.2) is 0 Å². The zero-order valence-corrected chi connectivity index (χ0v) is 12.4. The Morgan fingerprint density at radius 3 is 2.83 bits per heavy atom. The van der Waals surface area contributed by atoms with Crippen LogP contribution in [0, 0.1) is 5.92 Å². The first-order valence-electron chi connectivity index (χ1n) is 7.66. The molecule has 0 aromatic heterocycles. The maximum atomic E-state index is 5.89. The molecule has 1 aliphatic heterocycles. The summed E-state index contributed by atoms with van der Waals surface area (Å²) in [5.74, 6) is 0.717. The van der Waals surface area contributed by atoms with Crippen molar-refractivity contribution in [3.05, 3.63) is 12.2 Å². The molecule has 18 heavy (non-hydrogen) atoms. The van der Waals surface area contributed by atoms with Crippen LogP contribution in [0.3, 0.4) is 0 Å². The molecule has 0 aromatic rings. The molecule has 1 rings (SSSR count). The topological polar surface area (TPSA) is 18.5 Å². The van der Waals surface area contributed by atoms with Crippen molar-refractivity contribution in [3.8, 4) is 0 Å². The van der Waals surface area contributed by atoms with Crippen molar-refractivity contribution >= 4 is 0 Å². The minimum atomic E-state index is 0.0596. The van der Waals surface area contributed by atoms with E-state index >= 15 is 0 Å². The van der Waals surface area contributed by atoms with Gasteiger partial charge in [0.1, 0.15) is 0 Å². The van der Waals surface area contributed by atoms with Crippen molar-refractivity contribution in [2.24, 2.45) is 5.92 Å². The van der Waals surface area contributed by atoms with Crippen LogP contribution < -0.4 is 0 Å². The van der Waals surface area contributed by atoms with Gasteiger partial charge >= 0.3 is 0 Å². The summed E-state index contributed by atoms with van der Waals surface area (Å²) in [5.41, 5.74) is 0. The average Bonchev–Trinajstić information content (AvgIpc) is 2.39. The molecule has 1 saturated heterocycles. The lowest BCUT2D eigenvalue weighted by atomic mass is 10.1. The van der Waals surface area contributed by atoms with Gasteiger partial charge in [-0.05, 0) is 51.4 Å². The highest BCUT2D eigenvalue weighted by molar-refractivity contribution is 4.85. The number of unbranched alkanes of at least 4 members (excludes halogenated alkanes) is 1.